The molecule has 3 atom stereocenters. The van der Waals surface area contributed by atoms with E-state index in [4.69, 9.17) is 10.5 Å². The average Bonchev–Trinajstić information content (AvgIpc) is 2.31. The minimum atomic E-state index is -0.898. The highest BCUT2D eigenvalue weighted by Crippen LogP contribution is 2.33. The summed E-state index contributed by atoms with van der Waals surface area (Å²) in [6, 6.07) is 7.10. The lowest BCUT2D eigenvalue weighted by Gasteiger charge is -2.34. The molecule has 0 heterocycles. The fourth-order valence-corrected chi connectivity index (χ4v) is 2.44. The second-order valence-electron chi connectivity index (χ2n) is 6.06. The number of fused-ring (bicyclic) bond motifs is 1. The van der Waals surface area contributed by atoms with Gasteiger partial charge in [-0.1, -0.05) is 24.3 Å². The van der Waals surface area contributed by atoms with Crippen molar-refractivity contribution in [3.8, 4) is 0 Å². The monoisotopic (exact) mass is 263 g/mol. The van der Waals surface area contributed by atoms with E-state index in [0.29, 0.717) is 6.42 Å². The van der Waals surface area contributed by atoms with Crippen LogP contribution in [0, 0.1) is 5.92 Å². The molecule has 0 aliphatic heterocycles. The molecule has 3 N–H and O–H groups in total. The molecule has 0 amide bonds. The molecule has 19 heavy (non-hydrogen) atoms. The fraction of sp³-hybridized carbons (Fsp3) is 0.533. The summed E-state index contributed by atoms with van der Waals surface area (Å²) < 4.78 is 5.36. The van der Waals surface area contributed by atoms with E-state index < -0.39 is 23.7 Å². The molecular formula is C15H21NO3. The van der Waals surface area contributed by atoms with Crippen LogP contribution in [0.15, 0.2) is 24.3 Å². The number of aliphatic hydroxyl groups excluding tert-OH is 1. The molecule has 1 aliphatic rings. The Labute approximate surface area is 113 Å². The number of hydrogen-bond acceptors (Lipinski definition) is 4. The molecule has 4 heteroatoms. The van der Waals surface area contributed by atoms with E-state index in [1.54, 1.807) is 0 Å². The Kier molecular flexibility index (Phi) is 3.65. The Morgan fingerprint density at radius 2 is 2.00 bits per heavy atom. The van der Waals surface area contributed by atoms with Gasteiger partial charge in [0, 0.05) is 0 Å². The third-order valence-electron chi connectivity index (χ3n) is 3.34. The summed E-state index contributed by atoms with van der Waals surface area (Å²) in [5.41, 5.74) is 7.39. The van der Waals surface area contributed by atoms with Gasteiger partial charge in [-0.15, -0.1) is 0 Å². The quantitative estimate of drug-likeness (QED) is 0.754. The van der Waals surface area contributed by atoms with Gasteiger partial charge in [0.25, 0.3) is 0 Å². The molecule has 2 rings (SSSR count). The molecule has 0 spiro atoms. The number of esters is 1. The predicted octanol–water partition coefficient (Wildman–Crippen LogP) is 1.56. The summed E-state index contributed by atoms with van der Waals surface area (Å²) in [4.78, 5) is 12.1. The van der Waals surface area contributed by atoms with Crippen LogP contribution in [0.1, 0.15) is 37.9 Å². The Morgan fingerprint density at radius 1 is 1.37 bits per heavy atom. The smallest absolute Gasteiger partial charge is 0.312 e. The van der Waals surface area contributed by atoms with Crippen LogP contribution >= 0.6 is 0 Å². The highest BCUT2D eigenvalue weighted by molar-refractivity contribution is 5.75. The van der Waals surface area contributed by atoms with E-state index in [1.807, 2.05) is 45.0 Å². The third kappa shape index (κ3) is 2.96. The van der Waals surface area contributed by atoms with Gasteiger partial charge >= 0.3 is 5.97 Å². The molecule has 0 bridgehead atoms. The van der Waals surface area contributed by atoms with E-state index in [2.05, 4.69) is 0 Å². The first-order valence-electron chi connectivity index (χ1n) is 6.54. The van der Waals surface area contributed by atoms with Gasteiger partial charge in [-0.2, -0.15) is 0 Å². The topological polar surface area (TPSA) is 72.5 Å². The number of rotatable bonds is 1. The first kappa shape index (κ1) is 14.0. The van der Waals surface area contributed by atoms with Crippen LogP contribution in [0.2, 0.25) is 0 Å². The van der Waals surface area contributed by atoms with Crippen molar-refractivity contribution in [1.29, 1.82) is 0 Å². The third-order valence-corrected chi connectivity index (χ3v) is 3.34. The Bertz CT molecular complexity index is 479. The van der Waals surface area contributed by atoms with Gasteiger partial charge in [0.2, 0.25) is 0 Å². The molecule has 0 radical (unpaired) electrons. The maximum Gasteiger partial charge on any atom is 0.312 e. The van der Waals surface area contributed by atoms with Crippen LogP contribution in [-0.4, -0.2) is 22.8 Å². The summed E-state index contributed by atoms with van der Waals surface area (Å²) in [6.45, 7) is 5.44. The molecule has 1 aromatic carbocycles. The SMILES string of the molecule is CC(C)(C)OC(=O)[C@@H]1Cc2ccccc2[C@@H](N)[C@H]1O. The van der Waals surface area contributed by atoms with Gasteiger partial charge in [0.15, 0.2) is 0 Å². The van der Waals surface area contributed by atoms with Gasteiger partial charge in [-0.05, 0) is 38.3 Å². The largest absolute Gasteiger partial charge is 0.460 e. The number of nitrogens with two attached hydrogens (primary N) is 1. The maximum atomic E-state index is 12.1. The summed E-state index contributed by atoms with van der Waals surface area (Å²) in [5, 5.41) is 10.2. The molecule has 0 unspecified atom stereocenters. The van der Waals surface area contributed by atoms with Crippen LogP contribution in [0.5, 0.6) is 0 Å². The number of carbonyl (C=O) groups excluding carboxylic acids is 1. The maximum absolute atomic E-state index is 12.1. The lowest BCUT2D eigenvalue weighted by Crippen LogP contribution is -2.44. The average molecular weight is 263 g/mol. The van der Waals surface area contributed by atoms with E-state index in [9.17, 15) is 9.90 Å². The fourth-order valence-electron chi connectivity index (χ4n) is 2.44. The molecular weight excluding hydrogens is 242 g/mol. The molecule has 0 saturated heterocycles. The van der Waals surface area contributed by atoms with Gasteiger partial charge in [0.1, 0.15) is 5.60 Å². The Balaban J connectivity index is 2.23. The van der Waals surface area contributed by atoms with E-state index in [-0.39, 0.29) is 5.97 Å². The van der Waals surface area contributed by atoms with Crippen LogP contribution in [0.4, 0.5) is 0 Å². The van der Waals surface area contributed by atoms with Crippen LogP contribution in [-0.2, 0) is 16.0 Å². The van der Waals surface area contributed by atoms with Crippen molar-refractivity contribution >= 4 is 5.97 Å². The second-order valence-corrected chi connectivity index (χ2v) is 6.06. The lowest BCUT2D eigenvalue weighted by molar-refractivity contribution is -0.165. The van der Waals surface area contributed by atoms with E-state index >= 15 is 0 Å². The number of ether oxygens (including phenoxy) is 1. The van der Waals surface area contributed by atoms with Crippen molar-refractivity contribution in [2.45, 2.75) is 44.9 Å². The van der Waals surface area contributed by atoms with E-state index in [0.717, 1.165) is 11.1 Å². The molecule has 0 fully saturated rings. The minimum absolute atomic E-state index is 0.384. The molecule has 0 saturated carbocycles. The normalized spacial score (nSPS) is 26.7. The number of benzene rings is 1. The highest BCUT2D eigenvalue weighted by Gasteiger charge is 2.39. The number of carbonyl (C=O) groups is 1. The molecule has 104 valence electrons. The Hall–Kier alpha value is -1.39. The molecule has 1 aliphatic carbocycles. The van der Waals surface area contributed by atoms with Crippen molar-refractivity contribution in [2.75, 3.05) is 0 Å². The van der Waals surface area contributed by atoms with Gasteiger partial charge in [-0.25, -0.2) is 0 Å². The zero-order valence-electron chi connectivity index (χ0n) is 11.6. The standard InChI is InChI=1S/C15H21NO3/c1-15(2,3)19-14(18)11-8-9-6-4-5-7-10(9)12(16)13(11)17/h4-7,11-13,17H,8,16H2,1-3H3/t11-,12-,13+/m1/s1. The highest BCUT2D eigenvalue weighted by atomic mass is 16.6. The van der Waals surface area contributed by atoms with Crippen LogP contribution in [0.3, 0.4) is 0 Å². The first-order valence-corrected chi connectivity index (χ1v) is 6.54. The summed E-state index contributed by atoms with van der Waals surface area (Å²) in [7, 11) is 0. The second kappa shape index (κ2) is 4.94. The predicted molar refractivity (Wildman–Crippen MR) is 72.4 cm³/mol. The summed E-state index contributed by atoms with van der Waals surface area (Å²) in [6.07, 6.45) is -0.426. The minimum Gasteiger partial charge on any atom is -0.460 e. The first-order chi connectivity index (χ1) is 8.79. The van der Waals surface area contributed by atoms with E-state index in [1.165, 1.54) is 0 Å². The number of hydrogen-bond donors (Lipinski definition) is 2. The summed E-state index contributed by atoms with van der Waals surface area (Å²) in [5.74, 6) is -0.978. The van der Waals surface area contributed by atoms with Crippen molar-refractivity contribution in [2.24, 2.45) is 11.7 Å². The zero-order valence-corrected chi connectivity index (χ0v) is 11.6. The van der Waals surface area contributed by atoms with Crippen molar-refractivity contribution in [3.05, 3.63) is 35.4 Å². The van der Waals surface area contributed by atoms with Crippen molar-refractivity contribution in [1.82, 2.24) is 0 Å². The Morgan fingerprint density at radius 3 is 2.63 bits per heavy atom. The zero-order chi connectivity index (χ0) is 14.2. The van der Waals surface area contributed by atoms with Crippen molar-refractivity contribution in [3.63, 3.8) is 0 Å². The number of aliphatic hydroxyl groups is 1. The van der Waals surface area contributed by atoms with Gasteiger partial charge < -0.3 is 15.6 Å². The van der Waals surface area contributed by atoms with Gasteiger partial charge in [0.05, 0.1) is 18.1 Å². The van der Waals surface area contributed by atoms with Crippen molar-refractivity contribution < 1.29 is 14.6 Å². The van der Waals surface area contributed by atoms with Gasteiger partial charge in [-0.3, -0.25) is 4.79 Å². The molecule has 1 aromatic rings. The van der Waals surface area contributed by atoms with Crippen LogP contribution < -0.4 is 5.73 Å². The lowest BCUT2D eigenvalue weighted by atomic mass is 9.79. The molecule has 0 aromatic heterocycles. The summed E-state index contributed by atoms with van der Waals surface area (Å²) >= 11 is 0. The van der Waals surface area contributed by atoms with Crippen LogP contribution in [0.25, 0.3) is 0 Å². The molecule has 4 nitrogen and oxygen atoms in total.